The molecule has 17 nitrogen and oxygen atoms in total. The maximum atomic E-state index is 14.6. The molecule has 232 valence electrons. The molecule has 22 heteroatoms. The zero-order valence-electron chi connectivity index (χ0n) is 21.4. The van der Waals surface area contributed by atoms with Crippen LogP contribution in [0, 0.1) is 0 Å². The largest absolute Gasteiger partial charge is 0.479 e. The van der Waals surface area contributed by atoms with Crippen molar-refractivity contribution in [2.75, 3.05) is 32.5 Å². The lowest BCUT2D eigenvalue weighted by Gasteiger charge is -2.33. The number of rotatable bonds is 15. The fraction of sp³-hybridized carbons (Fsp3) is 0.778. The number of hydrogen-bond donors (Lipinski definition) is 7. The van der Waals surface area contributed by atoms with Gasteiger partial charge in [-0.25, -0.2) is 13.7 Å². The average Bonchev–Trinajstić information content (AvgIpc) is 3.03. The number of anilines is 1. The predicted octanol–water partition coefficient (Wildman–Crippen LogP) is 0.374. The first-order chi connectivity index (χ1) is 18.2. The predicted molar refractivity (Wildman–Crippen MR) is 133 cm³/mol. The second-order valence-electron chi connectivity index (χ2n) is 9.13. The van der Waals surface area contributed by atoms with E-state index >= 15 is 0 Å². The van der Waals surface area contributed by atoms with Gasteiger partial charge < -0.3 is 45.2 Å². The standard InChI is InChI=1S/C18H33F2N4O13P3/c1-3-4-5-8-23(2)10-7-17(27,38(28,29)30)39(31,32)37-40(33,34)35-11-12-14(25)18(19,20)15(36-12)24-9-6-13(21)22-16(24)26/h6,9,12,14-15,25,27H,3-5,7-8,10-11H2,1-2H3,(H,31,32)(H,33,34)(H2,21,22,26)(H2,28,29,30)/t12-,14?,15-,17?/m1/s1. The molecule has 0 spiro atoms. The second kappa shape index (κ2) is 13.0. The highest BCUT2D eigenvalue weighted by Crippen LogP contribution is 2.76. The number of alkyl halides is 2. The van der Waals surface area contributed by atoms with Gasteiger partial charge in [0.1, 0.15) is 11.9 Å². The van der Waals surface area contributed by atoms with Crippen LogP contribution >= 0.6 is 23.0 Å². The molecule has 6 atom stereocenters. The number of aliphatic hydroxyl groups is 2. The van der Waals surface area contributed by atoms with Gasteiger partial charge in [-0.15, -0.1) is 0 Å². The van der Waals surface area contributed by atoms with Crippen LogP contribution in [0.3, 0.4) is 0 Å². The molecule has 0 radical (unpaired) electrons. The summed E-state index contributed by atoms with van der Waals surface area (Å²) in [6.07, 6.45) is -5.24. The molecular formula is C18H33F2N4O13P3. The molecule has 8 N–H and O–H groups in total. The number of nitrogen functional groups attached to an aromatic ring is 1. The molecule has 0 bridgehead atoms. The number of nitrogens with two attached hydrogens (primary N) is 1. The Kier molecular flexibility index (Phi) is 11.4. The van der Waals surface area contributed by atoms with Crippen LogP contribution in [0.4, 0.5) is 14.6 Å². The molecule has 1 saturated heterocycles. The Morgan fingerprint density at radius 2 is 1.85 bits per heavy atom. The SMILES string of the molecule is CCCCCN(C)CCC(O)(P(=O)(O)O)P(=O)(O)OP(=O)(O)OC[C@H]1O[C@@H](n2ccc(N)nc2=O)C(F)(F)C1O. The number of ether oxygens (including phenoxy) is 1. The van der Waals surface area contributed by atoms with Crippen molar-refractivity contribution in [2.24, 2.45) is 0 Å². The zero-order valence-corrected chi connectivity index (χ0v) is 24.1. The Labute approximate surface area is 226 Å². The highest BCUT2D eigenvalue weighted by Gasteiger charge is 2.63. The Morgan fingerprint density at radius 3 is 2.40 bits per heavy atom. The van der Waals surface area contributed by atoms with E-state index in [1.54, 1.807) is 0 Å². The fourth-order valence-electron chi connectivity index (χ4n) is 3.64. The van der Waals surface area contributed by atoms with E-state index in [9.17, 15) is 57.1 Å². The minimum atomic E-state index is -6.11. The molecule has 2 rings (SSSR count). The Balaban J connectivity index is 2.15. The molecule has 1 fully saturated rings. The van der Waals surface area contributed by atoms with Crippen molar-refractivity contribution in [1.82, 2.24) is 14.5 Å². The zero-order chi connectivity index (χ0) is 30.7. The quantitative estimate of drug-likeness (QED) is 0.100. The van der Waals surface area contributed by atoms with Crippen LogP contribution in [-0.4, -0.2) is 94.2 Å². The van der Waals surface area contributed by atoms with Gasteiger partial charge >= 0.3 is 34.6 Å². The van der Waals surface area contributed by atoms with E-state index in [0.29, 0.717) is 13.0 Å². The summed E-state index contributed by atoms with van der Waals surface area (Å²) in [6, 6.07) is 0.983. The Hall–Kier alpha value is -1.17. The molecule has 1 aromatic rings. The van der Waals surface area contributed by atoms with Crippen LogP contribution in [0.5, 0.6) is 0 Å². The maximum Gasteiger partial charge on any atom is 0.479 e. The first-order valence-electron chi connectivity index (χ1n) is 11.7. The third-order valence-electron chi connectivity index (χ3n) is 5.99. The molecule has 0 aromatic carbocycles. The van der Waals surface area contributed by atoms with Gasteiger partial charge in [-0.3, -0.25) is 18.2 Å². The van der Waals surface area contributed by atoms with E-state index in [-0.39, 0.29) is 16.9 Å². The second-order valence-corrected chi connectivity index (χ2v) is 14.9. The smallest absolute Gasteiger partial charge is 0.384 e. The van der Waals surface area contributed by atoms with Crippen LogP contribution in [0.1, 0.15) is 38.8 Å². The highest BCUT2D eigenvalue weighted by atomic mass is 31.3. The van der Waals surface area contributed by atoms with E-state index < -0.39 is 71.2 Å². The van der Waals surface area contributed by atoms with Crippen LogP contribution < -0.4 is 11.4 Å². The third kappa shape index (κ3) is 8.01. The third-order valence-corrected chi connectivity index (χ3v) is 12.0. The van der Waals surface area contributed by atoms with Crippen molar-refractivity contribution < 1.29 is 65.8 Å². The lowest BCUT2D eigenvalue weighted by Crippen LogP contribution is -2.42. The van der Waals surface area contributed by atoms with Gasteiger partial charge in [0.15, 0.2) is 6.10 Å². The number of unbranched alkanes of at least 4 members (excludes halogenated alkanes) is 2. The minimum absolute atomic E-state index is 0.288. The van der Waals surface area contributed by atoms with E-state index in [0.717, 1.165) is 25.1 Å². The summed E-state index contributed by atoms with van der Waals surface area (Å²) in [4.78, 5) is 56.0. The van der Waals surface area contributed by atoms with Gasteiger partial charge in [-0.1, -0.05) is 19.8 Å². The van der Waals surface area contributed by atoms with E-state index in [2.05, 4.69) is 13.8 Å². The first kappa shape index (κ1) is 35.0. The average molecular weight is 644 g/mol. The van der Waals surface area contributed by atoms with E-state index in [4.69, 9.17) is 10.5 Å². The summed E-state index contributed by atoms with van der Waals surface area (Å²) >= 11 is 0. The van der Waals surface area contributed by atoms with Gasteiger partial charge in [0, 0.05) is 19.2 Å². The van der Waals surface area contributed by atoms with Crippen LogP contribution in [0.15, 0.2) is 17.1 Å². The lowest BCUT2D eigenvalue weighted by atomic mass is 10.1. The maximum absolute atomic E-state index is 14.6. The number of phosphoric ester groups is 1. The van der Waals surface area contributed by atoms with Crippen LogP contribution in [0.2, 0.25) is 0 Å². The van der Waals surface area contributed by atoms with Crippen LogP contribution in [-0.2, 0) is 27.3 Å². The number of nitrogens with zero attached hydrogens (tertiary/aromatic N) is 3. The molecule has 4 unspecified atom stereocenters. The molecular weight excluding hydrogens is 611 g/mol. The molecule has 1 aliphatic rings. The van der Waals surface area contributed by atoms with Crippen molar-refractivity contribution in [3.8, 4) is 0 Å². The molecule has 0 amide bonds. The minimum Gasteiger partial charge on any atom is -0.384 e. The molecule has 40 heavy (non-hydrogen) atoms. The van der Waals surface area contributed by atoms with Crippen molar-refractivity contribution in [1.29, 1.82) is 0 Å². The summed E-state index contributed by atoms with van der Waals surface area (Å²) in [7, 11) is -16.4. The number of hydrogen-bond acceptors (Lipinski definition) is 12. The van der Waals surface area contributed by atoms with Crippen LogP contribution in [0.25, 0.3) is 0 Å². The van der Waals surface area contributed by atoms with Crippen molar-refractivity contribution in [3.63, 3.8) is 0 Å². The lowest BCUT2D eigenvalue weighted by molar-refractivity contribution is -0.140. The van der Waals surface area contributed by atoms with Gasteiger partial charge in [-0.2, -0.15) is 13.8 Å². The van der Waals surface area contributed by atoms with Gasteiger partial charge in [0.25, 0.3) is 5.08 Å². The van der Waals surface area contributed by atoms with Gasteiger partial charge in [0.05, 0.1) is 6.61 Å². The Bertz CT molecular complexity index is 1230. The fourth-order valence-corrected chi connectivity index (χ4v) is 8.23. The Morgan fingerprint density at radius 1 is 1.23 bits per heavy atom. The molecule has 0 saturated carbocycles. The highest BCUT2D eigenvalue weighted by molar-refractivity contribution is 7.75. The number of phosphoric acid groups is 1. The summed E-state index contributed by atoms with van der Waals surface area (Å²) < 4.78 is 80.0. The van der Waals surface area contributed by atoms with E-state index in [1.807, 2.05) is 6.92 Å². The summed E-state index contributed by atoms with van der Waals surface area (Å²) in [5.74, 6) is -4.47. The summed E-state index contributed by atoms with van der Waals surface area (Å²) in [6.45, 7) is 0.598. The molecule has 1 aliphatic heterocycles. The number of aliphatic hydroxyl groups excluding tert-OH is 1. The number of halogens is 2. The van der Waals surface area contributed by atoms with Crippen molar-refractivity contribution >= 4 is 28.8 Å². The normalized spacial score (nSPS) is 25.8. The topological polar surface area (TPSA) is 264 Å². The van der Waals surface area contributed by atoms with E-state index in [1.165, 1.54) is 11.9 Å². The van der Waals surface area contributed by atoms with Crippen molar-refractivity contribution in [3.05, 3.63) is 22.7 Å². The molecule has 1 aromatic heterocycles. The number of aromatic nitrogens is 2. The summed E-state index contributed by atoms with van der Waals surface area (Å²) in [5, 5.41) is 16.7. The van der Waals surface area contributed by atoms with Gasteiger partial charge in [0.2, 0.25) is 6.23 Å². The molecule has 2 heterocycles. The summed E-state index contributed by atoms with van der Waals surface area (Å²) in [5.41, 5.74) is 4.03. The van der Waals surface area contributed by atoms with Crippen molar-refractivity contribution in [2.45, 2.75) is 62.0 Å². The monoisotopic (exact) mass is 644 g/mol. The molecule has 0 aliphatic carbocycles. The first-order valence-corrected chi connectivity index (χ1v) is 16.4. The van der Waals surface area contributed by atoms with Gasteiger partial charge in [-0.05, 0) is 26.1 Å².